The van der Waals surface area contributed by atoms with Crippen LogP contribution in [0.25, 0.3) is 0 Å². The third kappa shape index (κ3) is 6.12. The molecule has 2 heterocycles. The van der Waals surface area contributed by atoms with Crippen LogP contribution in [-0.4, -0.2) is 37.6 Å². The first-order valence-electron chi connectivity index (χ1n) is 8.59. The van der Waals surface area contributed by atoms with Gasteiger partial charge in [-0.1, -0.05) is 28.1 Å². The summed E-state index contributed by atoms with van der Waals surface area (Å²) in [6.07, 6.45) is 3.00. The van der Waals surface area contributed by atoms with Crippen LogP contribution in [0.4, 0.5) is 5.69 Å². The lowest BCUT2D eigenvalue weighted by molar-refractivity contribution is 0.565. The molecule has 7 heteroatoms. The van der Waals surface area contributed by atoms with Gasteiger partial charge in [0.25, 0.3) is 0 Å². The van der Waals surface area contributed by atoms with Crippen molar-refractivity contribution in [2.24, 2.45) is 10.9 Å². The van der Waals surface area contributed by atoms with Gasteiger partial charge in [0.1, 0.15) is 0 Å². The van der Waals surface area contributed by atoms with E-state index in [0.29, 0.717) is 12.5 Å². The van der Waals surface area contributed by atoms with Gasteiger partial charge in [-0.05, 0) is 42.7 Å². The topological polar surface area (TPSA) is 52.6 Å². The largest absolute Gasteiger partial charge is 0.371 e. The minimum atomic E-state index is 0. The van der Waals surface area contributed by atoms with Gasteiger partial charge in [0.2, 0.25) is 0 Å². The molecular weight excluding hydrogens is 505 g/mol. The average molecular weight is 530 g/mol. The molecule has 0 amide bonds. The number of halogens is 2. The van der Waals surface area contributed by atoms with Crippen LogP contribution in [0.5, 0.6) is 0 Å². The standard InChI is InChI=1S/C19H24BrN5.HI/c1-21-19(24-13-17-6-2-3-9-22-17)23-12-15-8-10-25(14-15)18-7-4-5-16(20)11-18;/h2-7,9,11,15H,8,10,12-14H2,1H3,(H2,21,23,24);1H. The zero-order valence-electron chi connectivity index (χ0n) is 14.9. The molecule has 1 aromatic heterocycles. The molecule has 1 fully saturated rings. The van der Waals surface area contributed by atoms with Crippen molar-refractivity contribution in [3.8, 4) is 0 Å². The Bertz CT molecular complexity index is 710. The first-order chi connectivity index (χ1) is 12.2. The molecule has 1 unspecified atom stereocenters. The fraction of sp³-hybridized carbons (Fsp3) is 0.368. The molecule has 2 aromatic rings. The van der Waals surface area contributed by atoms with Crippen molar-refractivity contribution in [1.29, 1.82) is 0 Å². The molecule has 0 aliphatic carbocycles. The molecular formula is C19H25BrIN5. The van der Waals surface area contributed by atoms with E-state index in [1.54, 1.807) is 7.05 Å². The van der Waals surface area contributed by atoms with Crippen LogP contribution in [0.1, 0.15) is 12.1 Å². The number of anilines is 1. The third-order valence-corrected chi connectivity index (χ3v) is 4.90. The van der Waals surface area contributed by atoms with Gasteiger partial charge in [0, 0.05) is 43.0 Å². The maximum absolute atomic E-state index is 4.32. The highest BCUT2D eigenvalue weighted by atomic mass is 127. The maximum atomic E-state index is 4.32. The highest BCUT2D eigenvalue weighted by molar-refractivity contribution is 14.0. The van der Waals surface area contributed by atoms with Gasteiger partial charge in [-0.2, -0.15) is 0 Å². The van der Waals surface area contributed by atoms with E-state index in [4.69, 9.17) is 0 Å². The molecule has 1 aliphatic heterocycles. The lowest BCUT2D eigenvalue weighted by atomic mass is 10.1. The third-order valence-electron chi connectivity index (χ3n) is 4.40. The Morgan fingerprint density at radius 1 is 1.27 bits per heavy atom. The van der Waals surface area contributed by atoms with Crippen molar-refractivity contribution >= 4 is 51.6 Å². The predicted molar refractivity (Wildman–Crippen MR) is 122 cm³/mol. The van der Waals surface area contributed by atoms with Gasteiger partial charge in [0.15, 0.2) is 5.96 Å². The van der Waals surface area contributed by atoms with Gasteiger partial charge >= 0.3 is 0 Å². The number of pyridine rings is 1. The van der Waals surface area contributed by atoms with Crippen molar-refractivity contribution in [2.45, 2.75) is 13.0 Å². The number of guanidine groups is 1. The summed E-state index contributed by atoms with van der Waals surface area (Å²) in [5, 5.41) is 6.76. The second-order valence-corrected chi connectivity index (χ2v) is 7.12. The minimum Gasteiger partial charge on any atom is -0.371 e. The van der Waals surface area contributed by atoms with E-state index in [9.17, 15) is 0 Å². The second-order valence-electron chi connectivity index (χ2n) is 6.21. The van der Waals surface area contributed by atoms with Crippen molar-refractivity contribution in [2.75, 3.05) is 31.6 Å². The summed E-state index contributed by atoms with van der Waals surface area (Å²) in [5.41, 5.74) is 2.29. The van der Waals surface area contributed by atoms with E-state index in [2.05, 4.69) is 65.7 Å². The van der Waals surface area contributed by atoms with E-state index < -0.39 is 0 Å². The number of hydrogen-bond acceptors (Lipinski definition) is 3. The molecule has 140 valence electrons. The number of aromatic nitrogens is 1. The molecule has 0 radical (unpaired) electrons. The van der Waals surface area contributed by atoms with Crippen molar-refractivity contribution in [3.63, 3.8) is 0 Å². The van der Waals surface area contributed by atoms with Crippen molar-refractivity contribution in [3.05, 3.63) is 58.8 Å². The SMILES string of the molecule is CN=C(NCc1ccccn1)NCC1CCN(c2cccc(Br)c2)C1.I. The molecule has 26 heavy (non-hydrogen) atoms. The molecule has 3 rings (SSSR count). The highest BCUT2D eigenvalue weighted by Gasteiger charge is 2.22. The van der Waals surface area contributed by atoms with Crippen LogP contribution in [-0.2, 0) is 6.54 Å². The van der Waals surface area contributed by atoms with Crippen molar-refractivity contribution < 1.29 is 0 Å². The monoisotopic (exact) mass is 529 g/mol. The van der Waals surface area contributed by atoms with E-state index in [1.807, 2.05) is 24.4 Å². The Hall–Kier alpha value is -1.35. The second kappa shape index (κ2) is 10.7. The van der Waals surface area contributed by atoms with Crippen LogP contribution >= 0.6 is 39.9 Å². The first-order valence-corrected chi connectivity index (χ1v) is 9.39. The Morgan fingerprint density at radius 3 is 2.88 bits per heavy atom. The van der Waals surface area contributed by atoms with E-state index in [-0.39, 0.29) is 24.0 Å². The summed E-state index contributed by atoms with van der Waals surface area (Å²) in [4.78, 5) is 11.1. The Balaban J connectivity index is 0.00000243. The van der Waals surface area contributed by atoms with Crippen LogP contribution < -0.4 is 15.5 Å². The summed E-state index contributed by atoms with van der Waals surface area (Å²) in [6, 6.07) is 14.4. The average Bonchev–Trinajstić information content (AvgIpc) is 3.12. The number of nitrogens with one attached hydrogen (secondary N) is 2. The molecule has 5 nitrogen and oxygen atoms in total. The predicted octanol–water partition coefficient (Wildman–Crippen LogP) is 3.65. The Kier molecular flexibility index (Phi) is 8.64. The molecule has 1 atom stereocenters. The minimum absolute atomic E-state index is 0. The van der Waals surface area contributed by atoms with Gasteiger partial charge in [-0.3, -0.25) is 9.98 Å². The molecule has 1 aromatic carbocycles. The van der Waals surface area contributed by atoms with Gasteiger partial charge < -0.3 is 15.5 Å². The van der Waals surface area contributed by atoms with E-state index >= 15 is 0 Å². The van der Waals surface area contributed by atoms with Crippen LogP contribution in [0.2, 0.25) is 0 Å². The van der Waals surface area contributed by atoms with Crippen molar-refractivity contribution in [1.82, 2.24) is 15.6 Å². The number of nitrogens with zero attached hydrogens (tertiary/aromatic N) is 3. The maximum Gasteiger partial charge on any atom is 0.191 e. The number of aliphatic imine (C=N–C) groups is 1. The summed E-state index contributed by atoms with van der Waals surface area (Å²) in [7, 11) is 1.80. The van der Waals surface area contributed by atoms with Gasteiger partial charge in [-0.15, -0.1) is 24.0 Å². The first kappa shape index (κ1) is 21.0. The molecule has 0 spiro atoms. The van der Waals surface area contributed by atoms with Crippen LogP contribution in [0.3, 0.4) is 0 Å². The zero-order valence-corrected chi connectivity index (χ0v) is 18.8. The molecule has 0 bridgehead atoms. The number of benzene rings is 1. The summed E-state index contributed by atoms with van der Waals surface area (Å²) < 4.78 is 1.13. The smallest absolute Gasteiger partial charge is 0.191 e. The van der Waals surface area contributed by atoms with Gasteiger partial charge in [0.05, 0.1) is 12.2 Å². The number of rotatable bonds is 5. The lowest BCUT2D eigenvalue weighted by Gasteiger charge is -2.19. The zero-order chi connectivity index (χ0) is 17.5. The fourth-order valence-corrected chi connectivity index (χ4v) is 3.43. The fourth-order valence-electron chi connectivity index (χ4n) is 3.05. The Morgan fingerprint density at radius 2 is 2.15 bits per heavy atom. The quantitative estimate of drug-likeness (QED) is 0.352. The van der Waals surface area contributed by atoms with Crippen LogP contribution in [0, 0.1) is 5.92 Å². The number of hydrogen-bond donors (Lipinski definition) is 2. The lowest BCUT2D eigenvalue weighted by Crippen LogP contribution is -2.40. The summed E-state index contributed by atoms with van der Waals surface area (Å²) in [6.45, 7) is 3.77. The van der Waals surface area contributed by atoms with Gasteiger partial charge in [-0.25, -0.2) is 0 Å². The van der Waals surface area contributed by atoms with E-state index in [1.165, 1.54) is 12.1 Å². The summed E-state index contributed by atoms with van der Waals surface area (Å²) in [5.74, 6) is 1.44. The van der Waals surface area contributed by atoms with Crippen LogP contribution in [0.15, 0.2) is 58.1 Å². The molecule has 0 saturated carbocycles. The molecule has 1 saturated heterocycles. The molecule has 2 N–H and O–H groups in total. The Labute approximate surface area is 180 Å². The highest BCUT2D eigenvalue weighted by Crippen LogP contribution is 2.25. The normalized spacial score (nSPS) is 16.9. The van der Waals surface area contributed by atoms with E-state index in [0.717, 1.165) is 35.8 Å². The molecule has 1 aliphatic rings. The summed E-state index contributed by atoms with van der Waals surface area (Å²) >= 11 is 3.55.